The second-order valence-electron chi connectivity index (χ2n) is 12.9. The minimum Gasteiger partial charge on any atom is -0.350 e. The molecule has 5 fully saturated rings. The van der Waals surface area contributed by atoms with Crippen molar-refractivity contribution in [2.75, 3.05) is 6.54 Å². The van der Waals surface area contributed by atoms with Crippen molar-refractivity contribution in [1.82, 2.24) is 25.8 Å². The molecule has 1 aromatic heterocycles. The normalized spacial score (nSPS) is 28.0. The second kappa shape index (κ2) is 10.3. The molecule has 5 aliphatic rings. The van der Waals surface area contributed by atoms with Crippen molar-refractivity contribution in [2.45, 2.75) is 81.5 Å². The third kappa shape index (κ3) is 5.06. The molecule has 0 bridgehead atoms. The van der Waals surface area contributed by atoms with Gasteiger partial charge in [0.2, 0.25) is 17.6 Å². The summed E-state index contributed by atoms with van der Waals surface area (Å²) >= 11 is 12.5. The van der Waals surface area contributed by atoms with Gasteiger partial charge in [-0.3, -0.25) is 24.0 Å². The van der Waals surface area contributed by atoms with Crippen molar-refractivity contribution in [1.29, 1.82) is 0 Å². The fraction of sp³-hybridized carbons (Fsp3) is 0.567. The van der Waals surface area contributed by atoms with E-state index in [-0.39, 0.29) is 41.7 Å². The number of amides is 4. The number of hydrogen-bond acceptors (Lipinski definition) is 5. The highest BCUT2D eigenvalue weighted by atomic mass is 35.5. The summed E-state index contributed by atoms with van der Waals surface area (Å²) in [5.74, 6) is -2.81. The lowest BCUT2D eigenvalue weighted by Gasteiger charge is -2.29. The Morgan fingerprint density at radius 1 is 1.07 bits per heavy atom. The van der Waals surface area contributed by atoms with Gasteiger partial charge in [-0.1, -0.05) is 29.6 Å². The summed E-state index contributed by atoms with van der Waals surface area (Å²) < 4.78 is 0. The highest BCUT2D eigenvalue weighted by molar-refractivity contribution is 6.39. The van der Waals surface area contributed by atoms with Crippen molar-refractivity contribution in [3.8, 4) is 0 Å². The Morgan fingerprint density at radius 3 is 2.57 bits per heavy atom. The van der Waals surface area contributed by atoms with E-state index in [1.54, 1.807) is 23.1 Å². The first kappa shape index (κ1) is 27.7. The zero-order valence-electron chi connectivity index (χ0n) is 23.0. The highest BCUT2D eigenvalue weighted by Gasteiger charge is 2.54. The summed E-state index contributed by atoms with van der Waals surface area (Å²) in [5.41, 5.74) is 0.709. The van der Waals surface area contributed by atoms with Gasteiger partial charge in [0.1, 0.15) is 11.7 Å². The van der Waals surface area contributed by atoms with Gasteiger partial charge in [-0.2, -0.15) is 0 Å². The molecule has 42 heavy (non-hydrogen) atoms. The molecule has 2 saturated heterocycles. The number of halogens is 2. The quantitative estimate of drug-likeness (QED) is 0.339. The molecular weight excluding hydrogens is 581 g/mol. The number of H-pyrrole nitrogens is 1. The Bertz CT molecular complexity index is 1510. The molecule has 1 unspecified atom stereocenters. The lowest BCUT2D eigenvalue weighted by molar-refractivity contribution is -0.141. The maximum Gasteiger partial charge on any atom is 0.289 e. The van der Waals surface area contributed by atoms with Crippen LogP contribution in [0.3, 0.4) is 0 Å². The average molecular weight is 615 g/mol. The molecule has 7 rings (SSSR count). The van der Waals surface area contributed by atoms with Gasteiger partial charge in [0.05, 0.1) is 11.1 Å². The van der Waals surface area contributed by atoms with Crippen molar-refractivity contribution in [3.05, 3.63) is 33.9 Å². The van der Waals surface area contributed by atoms with Gasteiger partial charge in [-0.15, -0.1) is 0 Å². The van der Waals surface area contributed by atoms with Crippen LogP contribution in [0.15, 0.2) is 18.2 Å². The summed E-state index contributed by atoms with van der Waals surface area (Å²) in [6, 6.07) is 2.98. The molecule has 2 aliphatic heterocycles. The zero-order chi connectivity index (χ0) is 29.3. The van der Waals surface area contributed by atoms with E-state index >= 15 is 0 Å². The molecule has 10 nitrogen and oxygen atoms in total. The third-order valence-electron chi connectivity index (χ3n) is 9.84. The van der Waals surface area contributed by atoms with Crippen LogP contribution in [0.5, 0.6) is 0 Å². The Labute approximate surface area is 252 Å². The number of carbonyl (C=O) groups excluding carboxylic acids is 5. The van der Waals surface area contributed by atoms with Crippen LogP contribution in [0.2, 0.25) is 10.0 Å². The number of aromatic amines is 1. The van der Waals surface area contributed by atoms with Crippen LogP contribution in [-0.2, 0) is 19.2 Å². The van der Waals surface area contributed by atoms with E-state index < -0.39 is 35.6 Å². The van der Waals surface area contributed by atoms with E-state index in [4.69, 9.17) is 23.2 Å². The molecule has 3 heterocycles. The first-order chi connectivity index (χ1) is 20.1. The van der Waals surface area contributed by atoms with Crippen molar-refractivity contribution in [2.24, 2.45) is 17.8 Å². The average Bonchev–Trinajstić information content (AvgIpc) is 3.68. The monoisotopic (exact) mass is 613 g/mol. The van der Waals surface area contributed by atoms with Gasteiger partial charge in [-0.05, 0) is 81.4 Å². The topological polar surface area (TPSA) is 140 Å². The Hall–Kier alpha value is -3.11. The second-order valence-corrected chi connectivity index (χ2v) is 13.7. The Balaban J connectivity index is 1.14. The number of ketones is 1. The Morgan fingerprint density at radius 2 is 1.86 bits per heavy atom. The van der Waals surface area contributed by atoms with E-state index in [9.17, 15) is 24.0 Å². The summed E-state index contributed by atoms with van der Waals surface area (Å²) in [7, 11) is 0. The number of Topliss-reactive ketones (excluding diaryl/α,β-unsaturated/α-hetero) is 1. The van der Waals surface area contributed by atoms with Crippen LogP contribution in [0.4, 0.5) is 0 Å². The molecule has 1 spiro atoms. The van der Waals surface area contributed by atoms with Crippen LogP contribution in [0, 0.1) is 17.8 Å². The molecule has 12 heteroatoms. The van der Waals surface area contributed by atoms with Gasteiger partial charge in [0.25, 0.3) is 11.8 Å². The maximum absolute atomic E-state index is 14.0. The Kier molecular flexibility index (Phi) is 6.77. The van der Waals surface area contributed by atoms with E-state index in [1.165, 1.54) is 0 Å². The number of rotatable bonds is 8. The minimum atomic E-state index is -1.16. The number of benzene rings is 1. The predicted octanol–water partition coefficient (Wildman–Crippen LogP) is 3.11. The van der Waals surface area contributed by atoms with Gasteiger partial charge in [-0.25, -0.2) is 0 Å². The SMILES string of the molecule is O=C(NC1CC1)C(=O)C(C[C@@H]1CC2(CC2)NC1=O)NC(=O)[C@@H]1[C@H]2CCC[C@H]2CN1C(=O)c1cc2c(Cl)cc(Cl)cc2[nH]1. The number of likely N-dealkylation sites (tertiary alicyclic amines) is 1. The van der Waals surface area contributed by atoms with Gasteiger partial charge < -0.3 is 25.8 Å². The third-order valence-corrected chi connectivity index (χ3v) is 10.4. The van der Waals surface area contributed by atoms with E-state index in [0.717, 1.165) is 44.9 Å². The van der Waals surface area contributed by atoms with Crippen LogP contribution < -0.4 is 16.0 Å². The number of carbonyl (C=O) groups is 5. The fourth-order valence-electron chi connectivity index (χ4n) is 7.35. The number of fused-ring (bicyclic) bond motifs is 2. The summed E-state index contributed by atoms with van der Waals surface area (Å²) in [6.07, 6.45) is 6.71. The van der Waals surface area contributed by atoms with E-state index in [1.807, 2.05) is 0 Å². The maximum atomic E-state index is 14.0. The standard InChI is InChI=1S/C30H33Cl2N5O5/c31-16-9-20(32)19-11-23(34-21(19)10-16)29(42)37-13-14-2-1-3-18(14)24(37)27(40)35-22(25(38)28(41)33-17-4-5-17)8-15-12-30(6-7-30)36-26(15)39/h9-11,14-15,17-18,22,24,34H,1-8,12-13H2,(H,33,41)(H,35,40)(H,36,39)/t14-,15+,18-,22?,24-/m0/s1. The van der Waals surface area contributed by atoms with Crippen LogP contribution >= 0.6 is 23.2 Å². The molecular formula is C30H33Cl2N5O5. The fourth-order valence-corrected chi connectivity index (χ4v) is 7.89. The number of nitrogens with zero attached hydrogens (tertiary/aromatic N) is 1. The number of hydrogen-bond donors (Lipinski definition) is 4. The molecule has 222 valence electrons. The van der Waals surface area contributed by atoms with Crippen LogP contribution in [0.25, 0.3) is 10.9 Å². The number of aromatic nitrogens is 1. The first-order valence-electron chi connectivity index (χ1n) is 14.9. The van der Waals surface area contributed by atoms with E-state index in [0.29, 0.717) is 39.6 Å². The molecule has 0 radical (unpaired) electrons. The van der Waals surface area contributed by atoms with Crippen LogP contribution in [0.1, 0.15) is 68.3 Å². The summed E-state index contributed by atoms with van der Waals surface area (Å²) in [5, 5.41) is 10.1. The molecule has 2 aromatic rings. The van der Waals surface area contributed by atoms with Gasteiger partial charge >= 0.3 is 0 Å². The summed E-state index contributed by atoms with van der Waals surface area (Å²) in [4.78, 5) is 71.5. The van der Waals surface area contributed by atoms with Crippen molar-refractivity contribution < 1.29 is 24.0 Å². The van der Waals surface area contributed by atoms with Crippen LogP contribution in [-0.4, -0.2) is 69.5 Å². The summed E-state index contributed by atoms with van der Waals surface area (Å²) in [6.45, 7) is 0.416. The predicted molar refractivity (Wildman–Crippen MR) is 155 cm³/mol. The van der Waals surface area contributed by atoms with Gasteiger partial charge in [0.15, 0.2) is 0 Å². The molecule has 3 aliphatic carbocycles. The molecule has 3 saturated carbocycles. The largest absolute Gasteiger partial charge is 0.350 e. The van der Waals surface area contributed by atoms with E-state index in [2.05, 4.69) is 20.9 Å². The smallest absolute Gasteiger partial charge is 0.289 e. The molecule has 4 N–H and O–H groups in total. The lowest BCUT2D eigenvalue weighted by atomic mass is 9.91. The number of nitrogens with one attached hydrogen (secondary N) is 4. The lowest BCUT2D eigenvalue weighted by Crippen LogP contribution is -2.55. The molecule has 4 amide bonds. The first-order valence-corrected chi connectivity index (χ1v) is 15.6. The molecule has 1 aromatic carbocycles. The van der Waals surface area contributed by atoms with Crippen molar-refractivity contribution in [3.63, 3.8) is 0 Å². The van der Waals surface area contributed by atoms with Gasteiger partial charge in [0, 0.05) is 40.0 Å². The van der Waals surface area contributed by atoms with Crippen molar-refractivity contribution >= 4 is 63.5 Å². The minimum absolute atomic E-state index is 0.0239. The zero-order valence-corrected chi connectivity index (χ0v) is 24.5. The highest BCUT2D eigenvalue weighted by Crippen LogP contribution is 2.46. The molecule has 5 atom stereocenters.